The molecule has 1 saturated heterocycles. The molecule has 1 atom stereocenters. The normalized spacial score (nSPS) is 18.5. The molecule has 2 N–H and O–H groups in total. The molecule has 0 radical (unpaired) electrons. The van der Waals surface area contributed by atoms with E-state index in [0.29, 0.717) is 13.0 Å². The van der Waals surface area contributed by atoms with Crippen molar-refractivity contribution in [3.05, 3.63) is 22.4 Å². The van der Waals surface area contributed by atoms with E-state index in [1.807, 2.05) is 16.3 Å². The third-order valence-corrected chi connectivity index (χ3v) is 4.20. The molecule has 2 heterocycles. The van der Waals surface area contributed by atoms with Crippen molar-refractivity contribution in [3.63, 3.8) is 0 Å². The Kier molecular flexibility index (Phi) is 4.79. The van der Waals surface area contributed by atoms with Crippen molar-refractivity contribution < 1.29 is 14.7 Å². The summed E-state index contributed by atoms with van der Waals surface area (Å²) in [7, 11) is 0. The molecule has 1 unspecified atom stereocenters. The van der Waals surface area contributed by atoms with Gasteiger partial charge in [0.25, 0.3) is 0 Å². The molecule has 1 fully saturated rings. The highest BCUT2D eigenvalue weighted by Crippen LogP contribution is 2.34. The van der Waals surface area contributed by atoms with Gasteiger partial charge in [0.1, 0.15) is 0 Å². The second-order valence-electron chi connectivity index (χ2n) is 4.60. The van der Waals surface area contributed by atoms with E-state index in [-0.39, 0.29) is 18.5 Å². The number of amides is 2. The third kappa shape index (κ3) is 3.70. The van der Waals surface area contributed by atoms with Crippen molar-refractivity contribution in [1.82, 2.24) is 10.2 Å². The highest BCUT2D eigenvalue weighted by atomic mass is 32.1. The first kappa shape index (κ1) is 13.9. The van der Waals surface area contributed by atoms with Gasteiger partial charge in [-0.25, -0.2) is 4.79 Å². The molecular weight excluding hydrogens is 264 g/mol. The molecule has 1 aliphatic heterocycles. The zero-order valence-corrected chi connectivity index (χ0v) is 11.5. The number of hydrogen-bond donors (Lipinski definition) is 2. The summed E-state index contributed by atoms with van der Waals surface area (Å²) in [6, 6.07) is 4.16. The molecule has 0 aliphatic carbocycles. The largest absolute Gasteiger partial charge is 0.481 e. The number of hydrogen-bond acceptors (Lipinski definition) is 3. The third-order valence-electron chi connectivity index (χ3n) is 3.23. The van der Waals surface area contributed by atoms with E-state index >= 15 is 0 Å². The van der Waals surface area contributed by atoms with Crippen LogP contribution in [-0.2, 0) is 4.79 Å². The summed E-state index contributed by atoms with van der Waals surface area (Å²) in [5.41, 5.74) is 0. The summed E-state index contributed by atoms with van der Waals surface area (Å²) < 4.78 is 0. The quantitative estimate of drug-likeness (QED) is 0.815. The molecule has 0 bridgehead atoms. The lowest BCUT2D eigenvalue weighted by Gasteiger charge is -2.24. The summed E-state index contributed by atoms with van der Waals surface area (Å²) in [5.74, 6) is -0.827. The molecule has 6 heteroatoms. The molecule has 1 aliphatic rings. The van der Waals surface area contributed by atoms with E-state index in [1.54, 1.807) is 11.3 Å². The summed E-state index contributed by atoms with van der Waals surface area (Å²) in [6.07, 6.45) is 2.58. The summed E-state index contributed by atoms with van der Waals surface area (Å²) in [6.45, 7) is 1.19. The van der Waals surface area contributed by atoms with Crippen molar-refractivity contribution in [2.75, 3.05) is 13.1 Å². The van der Waals surface area contributed by atoms with Crippen LogP contribution in [0.5, 0.6) is 0 Å². The van der Waals surface area contributed by atoms with Crippen LogP contribution in [0.1, 0.15) is 36.6 Å². The van der Waals surface area contributed by atoms with Crippen LogP contribution in [0.2, 0.25) is 0 Å². The Labute approximate surface area is 116 Å². The van der Waals surface area contributed by atoms with Crippen molar-refractivity contribution in [1.29, 1.82) is 0 Å². The molecular formula is C13H18N2O3S. The van der Waals surface area contributed by atoms with Crippen LogP contribution in [-0.4, -0.2) is 35.1 Å². The maximum absolute atomic E-state index is 12.1. The van der Waals surface area contributed by atoms with E-state index in [9.17, 15) is 9.59 Å². The Bertz CT molecular complexity index is 433. The minimum absolute atomic E-state index is 0.0821. The fraction of sp³-hybridized carbons (Fsp3) is 0.538. The summed E-state index contributed by atoms with van der Waals surface area (Å²) in [5, 5.41) is 13.4. The van der Waals surface area contributed by atoms with Gasteiger partial charge in [0.05, 0.1) is 6.04 Å². The SMILES string of the molecule is O=C(O)CCCNC(=O)N1CCCC1c1cccs1. The molecule has 1 aromatic heterocycles. The molecule has 19 heavy (non-hydrogen) atoms. The average Bonchev–Trinajstić information content (AvgIpc) is 3.02. The second-order valence-corrected chi connectivity index (χ2v) is 5.58. The molecule has 0 saturated carbocycles. The number of nitrogens with zero attached hydrogens (tertiary/aromatic N) is 1. The Balaban J connectivity index is 1.83. The van der Waals surface area contributed by atoms with Crippen molar-refractivity contribution in [2.45, 2.75) is 31.7 Å². The standard InChI is InChI=1S/C13H18N2O3S/c16-12(17)6-1-7-14-13(18)15-8-2-4-10(15)11-5-3-9-19-11/h3,5,9-10H,1-2,4,6-8H2,(H,14,18)(H,16,17). The molecule has 2 rings (SSSR count). The van der Waals surface area contributed by atoms with Gasteiger partial charge >= 0.3 is 12.0 Å². The number of nitrogens with one attached hydrogen (secondary N) is 1. The van der Waals surface area contributed by atoms with E-state index < -0.39 is 5.97 Å². The van der Waals surface area contributed by atoms with E-state index in [4.69, 9.17) is 5.11 Å². The number of carboxylic acid groups (broad SMARTS) is 1. The van der Waals surface area contributed by atoms with Crippen LogP contribution in [0.15, 0.2) is 17.5 Å². The number of rotatable bonds is 5. The van der Waals surface area contributed by atoms with Crippen molar-refractivity contribution in [3.8, 4) is 0 Å². The molecule has 5 nitrogen and oxygen atoms in total. The molecule has 1 aromatic rings. The van der Waals surface area contributed by atoms with Gasteiger partial charge in [-0.05, 0) is 30.7 Å². The Morgan fingerprint density at radius 1 is 1.53 bits per heavy atom. The van der Waals surface area contributed by atoms with Crippen LogP contribution in [0.4, 0.5) is 4.79 Å². The maximum Gasteiger partial charge on any atom is 0.317 e. The monoisotopic (exact) mass is 282 g/mol. The van der Waals surface area contributed by atoms with Crippen LogP contribution in [0.3, 0.4) is 0 Å². The summed E-state index contributed by atoms with van der Waals surface area (Å²) >= 11 is 1.67. The van der Waals surface area contributed by atoms with E-state index in [1.165, 1.54) is 4.88 Å². The Hall–Kier alpha value is -1.56. The fourth-order valence-corrected chi connectivity index (χ4v) is 3.20. The first-order valence-electron chi connectivity index (χ1n) is 6.48. The number of carbonyl (C=O) groups excluding carboxylic acids is 1. The lowest BCUT2D eigenvalue weighted by Crippen LogP contribution is -2.39. The average molecular weight is 282 g/mol. The Morgan fingerprint density at radius 3 is 3.05 bits per heavy atom. The van der Waals surface area contributed by atoms with Crippen molar-refractivity contribution in [2.24, 2.45) is 0 Å². The van der Waals surface area contributed by atoms with Gasteiger partial charge < -0.3 is 15.3 Å². The Morgan fingerprint density at radius 2 is 2.37 bits per heavy atom. The highest BCUT2D eigenvalue weighted by Gasteiger charge is 2.30. The second kappa shape index (κ2) is 6.56. The van der Waals surface area contributed by atoms with E-state index in [0.717, 1.165) is 19.4 Å². The van der Waals surface area contributed by atoms with Gasteiger partial charge in [-0.1, -0.05) is 6.07 Å². The zero-order chi connectivity index (χ0) is 13.7. The summed E-state index contributed by atoms with van der Waals surface area (Å²) in [4.78, 5) is 25.5. The van der Waals surface area contributed by atoms with Gasteiger partial charge in [-0.15, -0.1) is 11.3 Å². The number of likely N-dealkylation sites (tertiary alicyclic amines) is 1. The maximum atomic E-state index is 12.1. The highest BCUT2D eigenvalue weighted by molar-refractivity contribution is 7.10. The number of aliphatic carboxylic acids is 1. The number of urea groups is 1. The molecule has 0 aromatic carbocycles. The van der Waals surface area contributed by atoms with Gasteiger partial charge in [0.2, 0.25) is 0 Å². The number of carbonyl (C=O) groups is 2. The predicted molar refractivity (Wildman–Crippen MR) is 73.3 cm³/mol. The van der Waals surface area contributed by atoms with E-state index in [2.05, 4.69) is 11.4 Å². The van der Waals surface area contributed by atoms with Crippen LogP contribution < -0.4 is 5.32 Å². The zero-order valence-electron chi connectivity index (χ0n) is 10.7. The van der Waals surface area contributed by atoms with Gasteiger partial charge in [-0.2, -0.15) is 0 Å². The minimum Gasteiger partial charge on any atom is -0.481 e. The van der Waals surface area contributed by atoms with Gasteiger partial charge in [-0.3, -0.25) is 4.79 Å². The van der Waals surface area contributed by atoms with Crippen molar-refractivity contribution >= 4 is 23.3 Å². The minimum atomic E-state index is -0.827. The molecule has 0 spiro atoms. The number of thiophene rings is 1. The van der Waals surface area contributed by atoms with Gasteiger partial charge in [0, 0.05) is 24.4 Å². The van der Waals surface area contributed by atoms with Gasteiger partial charge in [0.15, 0.2) is 0 Å². The fourth-order valence-electron chi connectivity index (χ4n) is 2.32. The molecule has 2 amide bonds. The van der Waals surface area contributed by atoms with Crippen LogP contribution >= 0.6 is 11.3 Å². The number of carboxylic acids is 1. The molecule has 104 valence electrons. The van der Waals surface area contributed by atoms with Crippen LogP contribution in [0, 0.1) is 0 Å². The van der Waals surface area contributed by atoms with Crippen LogP contribution in [0.25, 0.3) is 0 Å². The first-order valence-corrected chi connectivity index (χ1v) is 7.36. The lowest BCUT2D eigenvalue weighted by molar-refractivity contribution is -0.137. The first-order chi connectivity index (χ1) is 9.18. The lowest BCUT2D eigenvalue weighted by atomic mass is 10.2. The topological polar surface area (TPSA) is 69.6 Å². The smallest absolute Gasteiger partial charge is 0.317 e. The predicted octanol–water partition coefficient (Wildman–Crippen LogP) is 2.46.